The summed E-state index contributed by atoms with van der Waals surface area (Å²) >= 11 is 0. The summed E-state index contributed by atoms with van der Waals surface area (Å²) in [4.78, 5) is 26.8. The Morgan fingerprint density at radius 3 is 2.67 bits per heavy atom. The molecule has 0 N–H and O–H groups in total. The number of carbonyl (C=O) groups is 1. The minimum Gasteiger partial charge on any atom is -0.465 e. The van der Waals surface area contributed by atoms with Crippen LogP contribution in [0.1, 0.15) is 24.2 Å². The molecule has 2 aromatic rings. The second-order valence-corrected chi connectivity index (χ2v) is 4.61. The fourth-order valence-corrected chi connectivity index (χ4v) is 2.16. The van der Waals surface area contributed by atoms with E-state index in [0.717, 1.165) is 5.56 Å². The number of benzene rings is 1. The van der Waals surface area contributed by atoms with E-state index in [1.54, 1.807) is 18.4 Å². The van der Waals surface area contributed by atoms with Crippen molar-refractivity contribution in [2.75, 3.05) is 6.61 Å². The van der Waals surface area contributed by atoms with E-state index in [1.165, 1.54) is 6.20 Å². The van der Waals surface area contributed by atoms with E-state index in [2.05, 4.69) is 10.2 Å². The van der Waals surface area contributed by atoms with Crippen molar-refractivity contribution in [2.24, 2.45) is 5.18 Å². The molecule has 1 aromatic heterocycles. The number of aryl methyl sites for hydroxylation is 1. The molecule has 6 nitrogen and oxygen atoms in total. The highest BCUT2D eigenvalue weighted by atomic mass is 16.5. The van der Waals surface area contributed by atoms with Gasteiger partial charge < -0.3 is 9.30 Å². The number of esters is 1. The van der Waals surface area contributed by atoms with Crippen LogP contribution in [-0.2, 0) is 16.1 Å². The molecule has 0 saturated carbocycles. The third-order valence-electron chi connectivity index (χ3n) is 3.21. The molecule has 6 heteroatoms. The zero-order valence-electron chi connectivity index (χ0n) is 12.0. The van der Waals surface area contributed by atoms with Gasteiger partial charge in [-0.15, -0.1) is 4.91 Å². The summed E-state index contributed by atoms with van der Waals surface area (Å²) in [5.41, 5.74) is 0.865. The van der Waals surface area contributed by atoms with Gasteiger partial charge in [0, 0.05) is 6.54 Å². The van der Waals surface area contributed by atoms with Crippen LogP contribution in [0.5, 0.6) is 0 Å². The summed E-state index contributed by atoms with van der Waals surface area (Å²) in [5, 5.41) is 2.82. The van der Waals surface area contributed by atoms with E-state index < -0.39 is 5.92 Å². The van der Waals surface area contributed by atoms with E-state index in [0.29, 0.717) is 19.0 Å². The number of nitroso groups, excluding NO2 is 1. The van der Waals surface area contributed by atoms with Crippen molar-refractivity contribution in [1.82, 2.24) is 9.55 Å². The Labute approximate surface area is 122 Å². The van der Waals surface area contributed by atoms with Crippen molar-refractivity contribution in [3.8, 4) is 0 Å². The molecule has 0 aliphatic heterocycles. The van der Waals surface area contributed by atoms with Crippen LogP contribution in [0.15, 0.2) is 41.7 Å². The van der Waals surface area contributed by atoms with Gasteiger partial charge in [0.1, 0.15) is 5.82 Å². The average Bonchev–Trinajstić information content (AvgIpc) is 2.86. The lowest BCUT2D eigenvalue weighted by Gasteiger charge is -2.17. The lowest BCUT2D eigenvalue weighted by atomic mass is 9.99. The van der Waals surface area contributed by atoms with Crippen molar-refractivity contribution in [1.29, 1.82) is 0 Å². The van der Waals surface area contributed by atoms with Crippen LogP contribution in [-0.4, -0.2) is 22.1 Å². The monoisotopic (exact) mass is 287 g/mol. The number of ether oxygens (including phenoxy) is 1. The van der Waals surface area contributed by atoms with Gasteiger partial charge in [0.2, 0.25) is 5.82 Å². The first kappa shape index (κ1) is 14.9. The molecular formula is C15H17N3O3. The molecule has 2 rings (SSSR count). The second kappa shape index (κ2) is 6.78. The quantitative estimate of drug-likeness (QED) is 0.604. The third kappa shape index (κ3) is 3.53. The van der Waals surface area contributed by atoms with Gasteiger partial charge in [-0.1, -0.05) is 30.3 Å². The SMILES string of the molecule is CCOC(=O)C(Cn1cc(N=O)nc1C)c1ccccc1. The lowest BCUT2D eigenvalue weighted by Crippen LogP contribution is -2.21. The predicted molar refractivity (Wildman–Crippen MR) is 78.2 cm³/mol. The summed E-state index contributed by atoms with van der Waals surface area (Å²) in [6, 6.07) is 9.41. The van der Waals surface area contributed by atoms with Crippen LogP contribution in [0, 0.1) is 11.8 Å². The number of aromatic nitrogens is 2. The van der Waals surface area contributed by atoms with Crippen molar-refractivity contribution in [3.05, 3.63) is 52.8 Å². The molecule has 0 radical (unpaired) electrons. The van der Waals surface area contributed by atoms with Gasteiger partial charge in [-0.2, -0.15) is 0 Å². The third-order valence-corrected chi connectivity index (χ3v) is 3.21. The maximum Gasteiger partial charge on any atom is 0.315 e. The van der Waals surface area contributed by atoms with Crippen LogP contribution in [0.4, 0.5) is 5.82 Å². The van der Waals surface area contributed by atoms with E-state index in [-0.39, 0.29) is 11.8 Å². The smallest absolute Gasteiger partial charge is 0.315 e. The molecule has 1 heterocycles. The minimum absolute atomic E-state index is 0.114. The molecule has 0 aliphatic rings. The highest BCUT2D eigenvalue weighted by Crippen LogP contribution is 2.22. The van der Waals surface area contributed by atoms with Gasteiger partial charge >= 0.3 is 5.97 Å². The summed E-state index contributed by atoms with van der Waals surface area (Å²) in [7, 11) is 0. The van der Waals surface area contributed by atoms with Gasteiger partial charge in [0.05, 0.1) is 18.7 Å². The number of hydrogen-bond acceptors (Lipinski definition) is 5. The van der Waals surface area contributed by atoms with Crippen molar-refractivity contribution < 1.29 is 9.53 Å². The van der Waals surface area contributed by atoms with Crippen LogP contribution in [0.3, 0.4) is 0 Å². The maximum atomic E-state index is 12.2. The fraction of sp³-hybridized carbons (Fsp3) is 0.333. The molecule has 1 aromatic carbocycles. The van der Waals surface area contributed by atoms with Crippen LogP contribution in [0.2, 0.25) is 0 Å². The number of rotatable bonds is 6. The molecule has 1 atom stereocenters. The van der Waals surface area contributed by atoms with Crippen molar-refractivity contribution >= 4 is 11.8 Å². The van der Waals surface area contributed by atoms with Crippen LogP contribution < -0.4 is 0 Å². The predicted octanol–water partition coefficient (Wildman–Crippen LogP) is 2.94. The average molecular weight is 287 g/mol. The molecule has 0 saturated heterocycles. The Balaban J connectivity index is 2.29. The lowest BCUT2D eigenvalue weighted by molar-refractivity contribution is -0.145. The van der Waals surface area contributed by atoms with E-state index in [9.17, 15) is 9.70 Å². The highest BCUT2D eigenvalue weighted by Gasteiger charge is 2.23. The first-order valence-corrected chi connectivity index (χ1v) is 6.74. The number of imidazole rings is 1. The molecule has 21 heavy (non-hydrogen) atoms. The minimum atomic E-state index is -0.446. The van der Waals surface area contributed by atoms with Gasteiger partial charge in [-0.25, -0.2) is 4.98 Å². The van der Waals surface area contributed by atoms with Crippen molar-refractivity contribution in [3.63, 3.8) is 0 Å². The molecule has 0 fully saturated rings. The number of carbonyl (C=O) groups excluding carboxylic acids is 1. The Bertz CT molecular complexity index is 622. The molecule has 110 valence electrons. The summed E-state index contributed by atoms with van der Waals surface area (Å²) in [6.45, 7) is 4.22. The van der Waals surface area contributed by atoms with Gasteiger partial charge in [-0.3, -0.25) is 4.79 Å². The molecular weight excluding hydrogens is 270 g/mol. The summed E-state index contributed by atoms with van der Waals surface area (Å²) in [5.74, 6) is 0.00830. The standard InChI is InChI=1S/C15H17N3O3/c1-3-21-15(19)13(12-7-5-4-6-8-12)9-18-10-14(17-20)16-11(18)2/h4-8,10,13H,3,9H2,1-2H3. The molecule has 1 unspecified atom stereocenters. The first-order valence-electron chi connectivity index (χ1n) is 6.74. The summed E-state index contributed by atoms with van der Waals surface area (Å²) < 4.78 is 6.89. The van der Waals surface area contributed by atoms with E-state index in [1.807, 2.05) is 30.3 Å². The molecule has 0 amide bonds. The number of hydrogen-bond donors (Lipinski definition) is 0. The first-order chi connectivity index (χ1) is 10.2. The van der Waals surface area contributed by atoms with Gasteiger partial charge in [-0.05, 0) is 24.6 Å². The number of nitrogens with zero attached hydrogens (tertiary/aromatic N) is 3. The maximum absolute atomic E-state index is 12.2. The molecule has 0 spiro atoms. The normalized spacial score (nSPS) is 11.9. The fourth-order valence-electron chi connectivity index (χ4n) is 2.16. The van der Waals surface area contributed by atoms with Gasteiger partial charge in [0.25, 0.3) is 0 Å². The Morgan fingerprint density at radius 2 is 2.10 bits per heavy atom. The zero-order chi connectivity index (χ0) is 15.2. The molecule has 0 aliphatic carbocycles. The van der Waals surface area contributed by atoms with E-state index >= 15 is 0 Å². The van der Waals surface area contributed by atoms with Crippen LogP contribution >= 0.6 is 0 Å². The largest absolute Gasteiger partial charge is 0.465 e. The van der Waals surface area contributed by atoms with Crippen molar-refractivity contribution in [2.45, 2.75) is 26.3 Å². The van der Waals surface area contributed by atoms with Gasteiger partial charge in [0.15, 0.2) is 0 Å². The van der Waals surface area contributed by atoms with Crippen LogP contribution in [0.25, 0.3) is 0 Å². The Morgan fingerprint density at radius 1 is 1.38 bits per heavy atom. The second-order valence-electron chi connectivity index (χ2n) is 4.61. The van der Waals surface area contributed by atoms with E-state index in [4.69, 9.17) is 4.74 Å². The Hall–Kier alpha value is -2.50. The Kier molecular flexibility index (Phi) is 4.81. The zero-order valence-corrected chi connectivity index (χ0v) is 12.0. The molecule has 0 bridgehead atoms. The summed E-state index contributed by atoms with van der Waals surface area (Å²) in [6.07, 6.45) is 1.54. The topological polar surface area (TPSA) is 73.6 Å². The highest BCUT2D eigenvalue weighted by molar-refractivity contribution is 5.78.